The highest BCUT2D eigenvalue weighted by atomic mass is 35.5. The fourth-order valence-electron chi connectivity index (χ4n) is 1.91. The molecule has 0 radical (unpaired) electrons. The van der Waals surface area contributed by atoms with Gasteiger partial charge in [0.05, 0.1) is 21.8 Å². The molecule has 1 rings (SSSR count). The van der Waals surface area contributed by atoms with Crippen LogP contribution >= 0.6 is 23.2 Å². The van der Waals surface area contributed by atoms with E-state index in [2.05, 4.69) is 16.9 Å². The fourth-order valence-corrected chi connectivity index (χ4v) is 2.43. The van der Waals surface area contributed by atoms with Crippen LogP contribution in [0.4, 0.5) is 0 Å². The van der Waals surface area contributed by atoms with Crippen molar-refractivity contribution in [3.8, 4) is 0 Å². The van der Waals surface area contributed by atoms with Crippen LogP contribution in [-0.2, 0) is 0 Å². The van der Waals surface area contributed by atoms with Gasteiger partial charge in [-0.15, -0.1) is 6.58 Å². The molecule has 2 nitrogen and oxygen atoms in total. The molecule has 0 amide bonds. The Labute approximate surface area is 119 Å². The van der Waals surface area contributed by atoms with Gasteiger partial charge in [0.2, 0.25) is 0 Å². The summed E-state index contributed by atoms with van der Waals surface area (Å²) in [6, 6.07) is 1.94. The fraction of sp³-hybridized carbons (Fsp3) is 0.500. The second-order valence-corrected chi connectivity index (χ2v) is 5.13. The number of aromatic nitrogens is 1. The maximum atomic E-state index is 6.17. The second kappa shape index (κ2) is 8.52. The molecule has 0 fully saturated rings. The van der Waals surface area contributed by atoms with Gasteiger partial charge in [0.15, 0.2) is 0 Å². The minimum Gasteiger partial charge on any atom is -0.312 e. The third kappa shape index (κ3) is 4.97. The van der Waals surface area contributed by atoms with E-state index < -0.39 is 0 Å². The Kier molecular flexibility index (Phi) is 7.33. The molecule has 100 valence electrons. The van der Waals surface area contributed by atoms with Gasteiger partial charge in [-0.05, 0) is 32.4 Å². The zero-order chi connectivity index (χ0) is 13.4. The molecule has 1 heterocycles. The molecular formula is C14H20Cl2N2. The third-order valence-electron chi connectivity index (χ3n) is 2.92. The van der Waals surface area contributed by atoms with Crippen molar-refractivity contribution in [3.63, 3.8) is 0 Å². The van der Waals surface area contributed by atoms with E-state index in [4.69, 9.17) is 23.2 Å². The van der Waals surface area contributed by atoms with Crippen LogP contribution in [0.1, 0.15) is 43.8 Å². The first-order chi connectivity index (χ1) is 8.69. The molecule has 1 N–H and O–H groups in total. The van der Waals surface area contributed by atoms with Crippen LogP contribution in [0.25, 0.3) is 0 Å². The van der Waals surface area contributed by atoms with E-state index in [-0.39, 0.29) is 6.04 Å². The summed E-state index contributed by atoms with van der Waals surface area (Å²) >= 11 is 12.0. The summed E-state index contributed by atoms with van der Waals surface area (Å²) in [6.45, 7) is 3.72. The molecule has 0 aliphatic carbocycles. The Morgan fingerprint density at radius 2 is 2.17 bits per heavy atom. The van der Waals surface area contributed by atoms with Gasteiger partial charge in [-0.3, -0.25) is 4.98 Å². The lowest BCUT2D eigenvalue weighted by molar-refractivity contribution is 0.498. The molecule has 0 aromatic carbocycles. The first-order valence-electron chi connectivity index (χ1n) is 6.28. The molecule has 0 saturated heterocycles. The van der Waals surface area contributed by atoms with Crippen LogP contribution in [0, 0.1) is 0 Å². The molecular weight excluding hydrogens is 267 g/mol. The van der Waals surface area contributed by atoms with Crippen molar-refractivity contribution >= 4 is 23.2 Å². The van der Waals surface area contributed by atoms with Crippen LogP contribution in [-0.4, -0.2) is 12.0 Å². The highest BCUT2D eigenvalue weighted by Crippen LogP contribution is 2.26. The van der Waals surface area contributed by atoms with Gasteiger partial charge in [-0.2, -0.15) is 0 Å². The maximum absolute atomic E-state index is 6.17. The van der Waals surface area contributed by atoms with Crippen molar-refractivity contribution in [3.05, 3.63) is 40.7 Å². The molecule has 0 aliphatic heterocycles. The number of pyridine rings is 1. The van der Waals surface area contributed by atoms with Gasteiger partial charge in [0, 0.05) is 6.20 Å². The molecule has 18 heavy (non-hydrogen) atoms. The van der Waals surface area contributed by atoms with Gasteiger partial charge in [0.25, 0.3) is 0 Å². The van der Waals surface area contributed by atoms with Crippen LogP contribution in [0.5, 0.6) is 0 Å². The number of hydrogen-bond acceptors (Lipinski definition) is 2. The molecule has 0 spiro atoms. The van der Waals surface area contributed by atoms with E-state index in [1.54, 1.807) is 12.3 Å². The van der Waals surface area contributed by atoms with Crippen molar-refractivity contribution in [2.24, 2.45) is 0 Å². The van der Waals surface area contributed by atoms with Gasteiger partial charge in [-0.25, -0.2) is 0 Å². The van der Waals surface area contributed by atoms with Gasteiger partial charge >= 0.3 is 0 Å². The molecule has 1 unspecified atom stereocenters. The maximum Gasteiger partial charge on any atom is 0.0760 e. The van der Waals surface area contributed by atoms with Crippen LogP contribution in [0.15, 0.2) is 24.9 Å². The quantitative estimate of drug-likeness (QED) is 0.549. The second-order valence-electron chi connectivity index (χ2n) is 4.29. The zero-order valence-corrected chi connectivity index (χ0v) is 12.3. The van der Waals surface area contributed by atoms with Gasteiger partial charge in [0.1, 0.15) is 0 Å². The summed E-state index contributed by atoms with van der Waals surface area (Å²) in [7, 11) is 1.93. The van der Waals surface area contributed by atoms with E-state index in [9.17, 15) is 0 Å². The topological polar surface area (TPSA) is 24.9 Å². The smallest absolute Gasteiger partial charge is 0.0760 e. The average molecular weight is 287 g/mol. The normalized spacial score (nSPS) is 12.4. The van der Waals surface area contributed by atoms with E-state index >= 15 is 0 Å². The van der Waals surface area contributed by atoms with E-state index in [0.717, 1.165) is 25.0 Å². The number of halogens is 2. The molecule has 0 saturated carbocycles. The Balaban J connectivity index is 2.52. The Morgan fingerprint density at radius 1 is 1.39 bits per heavy atom. The highest BCUT2D eigenvalue weighted by molar-refractivity contribution is 6.34. The van der Waals surface area contributed by atoms with Crippen molar-refractivity contribution in [1.29, 1.82) is 0 Å². The lowest BCUT2D eigenvalue weighted by Crippen LogP contribution is -2.18. The summed E-state index contributed by atoms with van der Waals surface area (Å²) in [5, 5.41) is 4.47. The monoisotopic (exact) mass is 286 g/mol. The minimum absolute atomic E-state index is 0.193. The lowest BCUT2D eigenvalue weighted by Gasteiger charge is -2.16. The van der Waals surface area contributed by atoms with Crippen LogP contribution in [0.3, 0.4) is 0 Å². The van der Waals surface area contributed by atoms with Crippen molar-refractivity contribution in [2.75, 3.05) is 7.05 Å². The number of unbranched alkanes of at least 4 members (excludes halogenated alkanes) is 3. The van der Waals surface area contributed by atoms with Crippen molar-refractivity contribution < 1.29 is 0 Å². The number of hydrogen-bond donors (Lipinski definition) is 1. The summed E-state index contributed by atoms with van der Waals surface area (Å²) in [5.41, 5.74) is 0.882. The van der Waals surface area contributed by atoms with Crippen molar-refractivity contribution in [1.82, 2.24) is 10.3 Å². The lowest BCUT2D eigenvalue weighted by atomic mass is 10.0. The Hall–Kier alpha value is -0.570. The predicted octanol–water partition coefficient (Wildman–Crippen LogP) is 4.79. The molecule has 1 atom stereocenters. The Bertz CT molecular complexity index is 380. The van der Waals surface area contributed by atoms with E-state index in [0.29, 0.717) is 10.0 Å². The largest absolute Gasteiger partial charge is 0.312 e. The molecule has 1 aromatic heterocycles. The summed E-state index contributed by atoms with van der Waals surface area (Å²) < 4.78 is 0. The highest BCUT2D eigenvalue weighted by Gasteiger charge is 2.14. The van der Waals surface area contributed by atoms with Gasteiger partial charge in [-0.1, -0.05) is 42.1 Å². The van der Waals surface area contributed by atoms with Crippen molar-refractivity contribution in [2.45, 2.75) is 38.1 Å². The third-order valence-corrected chi connectivity index (χ3v) is 3.43. The molecule has 0 bridgehead atoms. The van der Waals surface area contributed by atoms with Crippen LogP contribution < -0.4 is 5.32 Å². The number of rotatable bonds is 8. The Morgan fingerprint density at radius 3 is 2.78 bits per heavy atom. The van der Waals surface area contributed by atoms with E-state index in [1.165, 1.54) is 12.8 Å². The molecule has 0 aliphatic rings. The average Bonchev–Trinajstić information content (AvgIpc) is 2.35. The summed E-state index contributed by atoms with van der Waals surface area (Å²) in [6.07, 6.45) is 9.28. The first kappa shape index (κ1) is 15.5. The number of nitrogens with one attached hydrogen (secondary N) is 1. The summed E-state index contributed by atoms with van der Waals surface area (Å²) in [5.74, 6) is 0. The molecule has 4 heteroatoms. The first-order valence-corrected chi connectivity index (χ1v) is 7.03. The standard InChI is InChI=1S/C14H20Cl2N2/c1-3-4-5-6-7-8-13(17-2)14-12(16)9-11(15)10-18-14/h3,9-10,13,17H,1,4-8H2,2H3. The summed E-state index contributed by atoms with van der Waals surface area (Å²) in [4.78, 5) is 4.32. The number of nitrogens with zero attached hydrogens (tertiary/aromatic N) is 1. The van der Waals surface area contributed by atoms with E-state index in [1.807, 2.05) is 13.1 Å². The number of allylic oxidation sites excluding steroid dienone is 1. The van der Waals surface area contributed by atoms with Gasteiger partial charge < -0.3 is 5.32 Å². The predicted molar refractivity (Wildman–Crippen MR) is 79.3 cm³/mol. The van der Waals surface area contributed by atoms with Crippen LogP contribution in [0.2, 0.25) is 10.0 Å². The molecule has 1 aromatic rings. The minimum atomic E-state index is 0.193. The SMILES string of the molecule is C=CCCCCCC(NC)c1ncc(Cl)cc1Cl. The zero-order valence-electron chi connectivity index (χ0n) is 10.8.